The minimum Gasteiger partial charge on any atom is -0.477 e. The van der Waals surface area contributed by atoms with E-state index in [0.717, 1.165) is 5.69 Å². The maximum Gasteiger partial charge on any atom is 0.277 e. The number of ether oxygens (including phenoxy) is 1. The van der Waals surface area contributed by atoms with Crippen molar-refractivity contribution >= 4 is 17.5 Å². The molecular formula is C17H17N3O3. The van der Waals surface area contributed by atoms with Crippen LogP contribution in [0.15, 0.2) is 42.5 Å². The van der Waals surface area contributed by atoms with E-state index in [2.05, 4.69) is 10.3 Å². The number of hydrogen-bond acceptors (Lipinski definition) is 4. The lowest BCUT2D eigenvalue weighted by Crippen LogP contribution is -2.50. The number of aromatic nitrogens is 1. The lowest BCUT2D eigenvalue weighted by molar-refractivity contribution is -0.127. The summed E-state index contributed by atoms with van der Waals surface area (Å²) in [7, 11) is 1.54. The van der Waals surface area contributed by atoms with Gasteiger partial charge in [-0.05, 0) is 31.2 Å². The fraction of sp³-hybridized carbons (Fsp3) is 0.235. The molecule has 1 N–H and O–H groups in total. The summed E-state index contributed by atoms with van der Waals surface area (Å²) >= 11 is 0. The minimum absolute atomic E-state index is 0.144. The number of pyridine rings is 1. The number of rotatable bonds is 2. The van der Waals surface area contributed by atoms with E-state index >= 15 is 0 Å². The molecular weight excluding hydrogens is 294 g/mol. The first-order chi connectivity index (χ1) is 11.1. The fourth-order valence-corrected chi connectivity index (χ4v) is 2.52. The first kappa shape index (κ1) is 15.0. The van der Waals surface area contributed by atoms with Gasteiger partial charge in [-0.25, -0.2) is 4.98 Å². The van der Waals surface area contributed by atoms with Gasteiger partial charge in [0, 0.05) is 12.7 Å². The number of anilines is 1. The third-order valence-corrected chi connectivity index (χ3v) is 3.67. The van der Waals surface area contributed by atoms with Crippen molar-refractivity contribution in [3.8, 4) is 5.75 Å². The van der Waals surface area contributed by atoms with Crippen LogP contribution in [-0.2, 0) is 4.79 Å². The van der Waals surface area contributed by atoms with Crippen LogP contribution in [0.1, 0.15) is 16.2 Å². The van der Waals surface area contributed by atoms with Crippen LogP contribution in [0.2, 0.25) is 0 Å². The topological polar surface area (TPSA) is 71.5 Å². The number of amides is 2. The monoisotopic (exact) mass is 311 g/mol. The Kier molecular flexibility index (Phi) is 3.97. The van der Waals surface area contributed by atoms with Gasteiger partial charge in [0.25, 0.3) is 11.8 Å². The normalized spacial score (nSPS) is 16.3. The average Bonchev–Trinajstić information content (AvgIpc) is 2.59. The molecule has 0 saturated carbocycles. The van der Waals surface area contributed by atoms with Crippen LogP contribution in [0.25, 0.3) is 0 Å². The predicted molar refractivity (Wildman–Crippen MR) is 85.6 cm³/mol. The number of carbonyl (C=O) groups excluding carboxylic acids is 2. The molecule has 23 heavy (non-hydrogen) atoms. The van der Waals surface area contributed by atoms with Crippen LogP contribution in [0.3, 0.4) is 0 Å². The highest BCUT2D eigenvalue weighted by Gasteiger charge is 2.34. The van der Waals surface area contributed by atoms with Crippen molar-refractivity contribution in [3.05, 3.63) is 53.9 Å². The highest BCUT2D eigenvalue weighted by atomic mass is 16.5. The van der Waals surface area contributed by atoms with Gasteiger partial charge in [-0.2, -0.15) is 0 Å². The number of carbonyl (C=O) groups is 2. The van der Waals surface area contributed by atoms with Gasteiger partial charge in [-0.1, -0.05) is 18.2 Å². The molecule has 1 atom stereocenters. The highest BCUT2D eigenvalue weighted by molar-refractivity contribution is 6.06. The number of para-hydroxylation sites is 2. The molecule has 118 valence electrons. The van der Waals surface area contributed by atoms with E-state index in [4.69, 9.17) is 4.74 Å². The molecule has 1 aromatic heterocycles. The van der Waals surface area contributed by atoms with E-state index in [1.807, 2.05) is 19.1 Å². The van der Waals surface area contributed by atoms with Gasteiger partial charge in [0.2, 0.25) is 0 Å². The van der Waals surface area contributed by atoms with Gasteiger partial charge in [-0.15, -0.1) is 0 Å². The largest absolute Gasteiger partial charge is 0.477 e. The molecule has 1 aliphatic rings. The molecule has 0 radical (unpaired) electrons. The zero-order valence-corrected chi connectivity index (χ0v) is 12.9. The van der Waals surface area contributed by atoms with Crippen molar-refractivity contribution < 1.29 is 14.3 Å². The quantitative estimate of drug-likeness (QED) is 0.913. The number of hydrogen-bond donors (Lipinski definition) is 1. The van der Waals surface area contributed by atoms with Gasteiger partial charge in [0.05, 0.1) is 12.2 Å². The van der Waals surface area contributed by atoms with Gasteiger partial charge >= 0.3 is 0 Å². The summed E-state index contributed by atoms with van der Waals surface area (Å²) in [6, 6.07) is 12.5. The second-order valence-corrected chi connectivity index (χ2v) is 5.27. The Morgan fingerprint density at radius 2 is 2.00 bits per heavy atom. The van der Waals surface area contributed by atoms with E-state index < -0.39 is 6.10 Å². The van der Waals surface area contributed by atoms with Crippen molar-refractivity contribution in [2.24, 2.45) is 0 Å². The van der Waals surface area contributed by atoms with Crippen LogP contribution in [-0.4, -0.2) is 36.5 Å². The number of nitrogens with one attached hydrogen (secondary N) is 1. The third-order valence-electron chi connectivity index (χ3n) is 3.67. The van der Waals surface area contributed by atoms with Gasteiger partial charge < -0.3 is 10.1 Å². The molecule has 6 heteroatoms. The van der Waals surface area contributed by atoms with Crippen LogP contribution in [0, 0.1) is 6.92 Å². The van der Waals surface area contributed by atoms with E-state index in [0.29, 0.717) is 17.1 Å². The Bertz CT molecular complexity index is 760. The summed E-state index contributed by atoms with van der Waals surface area (Å²) in [5, 5.41) is 2.56. The molecule has 0 spiro atoms. The standard InChI is InChI=1S/C17H17N3O3/c1-11-6-5-7-12(19-11)17(22)20-10-15(16(21)18-2)23-14-9-4-3-8-13(14)20/h3-9,15H,10H2,1-2H3,(H,18,21)/t15-/m1/s1. The smallest absolute Gasteiger partial charge is 0.277 e. The number of fused-ring (bicyclic) bond motifs is 1. The molecule has 0 unspecified atom stereocenters. The zero-order chi connectivity index (χ0) is 16.4. The van der Waals surface area contributed by atoms with E-state index in [9.17, 15) is 9.59 Å². The van der Waals surface area contributed by atoms with Crippen molar-refractivity contribution in [3.63, 3.8) is 0 Å². The summed E-state index contributed by atoms with van der Waals surface area (Å²) < 4.78 is 5.70. The second-order valence-electron chi connectivity index (χ2n) is 5.27. The molecule has 2 amide bonds. The number of benzene rings is 1. The van der Waals surface area contributed by atoms with Gasteiger partial charge in [-0.3, -0.25) is 14.5 Å². The first-order valence-corrected chi connectivity index (χ1v) is 7.33. The Hall–Kier alpha value is -2.89. The Morgan fingerprint density at radius 1 is 1.22 bits per heavy atom. The zero-order valence-electron chi connectivity index (χ0n) is 12.9. The van der Waals surface area contributed by atoms with Crippen molar-refractivity contribution in [2.75, 3.05) is 18.5 Å². The van der Waals surface area contributed by atoms with Crippen molar-refractivity contribution in [1.29, 1.82) is 0 Å². The molecule has 2 heterocycles. The van der Waals surface area contributed by atoms with Crippen LogP contribution < -0.4 is 15.0 Å². The summed E-state index contributed by atoms with van der Waals surface area (Å²) in [5.74, 6) is -0.0128. The molecule has 6 nitrogen and oxygen atoms in total. The molecule has 0 bridgehead atoms. The van der Waals surface area contributed by atoms with Gasteiger partial charge in [0.1, 0.15) is 11.4 Å². The molecule has 3 rings (SSSR count). The number of aryl methyl sites for hydroxylation is 1. The predicted octanol–water partition coefficient (Wildman–Crippen LogP) is 1.54. The average molecular weight is 311 g/mol. The minimum atomic E-state index is -0.747. The van der Waals surface area contributed by atoms with Crippen molar-refractivity contribution in [2.45, 2.75) is 13.0 Å². The maximum atomic E-state index is 12.8. The first-order valence-electron chi connectivity index (χ1n) is 7.33. The van der Waals surface area contributed by atoms with Gasteiger partial charge in [0.15, 0.2) is 6.10 Å². The second kappa shape index (κ2) is 6.08. The summed E-state index contributed by atoms with van der Waals surface area (Å²) in [6.45, 7) is 1.97. The Balaban J connectivity index is 1.99. The van der Waals surface area contributed by atoms with Crippen LogP contribution >= 0.6 is 0 Å². The fourth-order valence-electron chi connectivity index (χ4n) is 2.52. The van der Waals surface area contributed by atoms with E-state index in [1.165, 1.54) is 0 Å². The number of nitrogens with zero attached hydrogens (tertiary/aromatic N) is 2. The number of likely N-dealkylation sites (N-methyl/N-ethyl adjacent to an activating group) is 1. The van der Waals surface area contributed by atoms with E-state index in [-0.39, 0.29) is 18.4 Å². The summed E-state index contributed by atoms with van der Waals surface area (Å²) in [5.41, 5.74) is 1.75. The lowest BCUT2D eigenvalue weighted by Gasteiger charge is -2.33. The molecule has 2 aromatic rings. The molecule has 1 aliphatic heterocycles. The summed E-state index contributed by atoms with van der Waals surface area (Å²) in [4.78, 5) is 30.6. The van der Waals surface area contributed by atoms with Crippen LogP contribution in [0.4, 0.5) is 5.69 Å². The molecule has 1 aromatic carbocycles. The Morgan fingerprint density at radius 3 is 2.74 bits per heavy atom. The molecule has 0 saturated heterocycles. The molecule has 0 aliphatic carbocycles. The SMILES string of the molecule is CNC(=O)[C@H]1CN(C(=O)c2cccc(C)n2)c2ccccc2O1. The Labute approximate surface area is 134 Å². The van der Waals surface area contributed by atoms with E-state index in [1.54, 1.807) is 42.3 Å². The third kappa shape index (κ3) is 2.88. The molecule has 0 fully saturated rings. The summed E-state index contributed by atoms with van der Waals surface area (Å²) in [6.07, 6.45) is -0.747. The highest BCUT2D eigenvalue weighted by Crippen LogP contribution is 2.33. The van der Waals surface area contributed by atoms with Crippen LogP contribution in [0.5, 0.6) is 5.75 Å². The maximum absolute atomic E-state index is 12.8. The lowest BCUT2D eigenvalue weighted by atomic mass is 10.1. The van der Waals surface area contributed by atoms with Crippen molar-refractivity contribution in [1.82, 2.24) is 10.3 Å².